The number of aromatic nitrogens is 1. The van der Waals surface area contributed by atoms with Gasteiger partial charge in [0.05, 0.1) is 22.3 Å². The maximum absolute atomic E-state index is 11.7. The molecule has 3 nitrogen and oxygen atoms in total. The second-order valence-electron chi connectivity index (χ2n) is 3.14. The summed E-state index contributed by atoms with van der Waals surface area (Å²) in [5, 5.41) is 2.73. The van der Waals surface area contributed by atoms with E-state index in [9.17, 15) is 4.79 Å². The topological polar surface area (TPSA) is 42.0 Å². The fraction of sp³-hybridized carbons (Fsp3) is 0.167. The minimum atomic E-state index is -0.0990. The molecule has 0 unspecified atom stereocenters. The van der Waals surface area contributed by atoms with Crippen molar-refractivity contribution in [1.29, 1.82) is 0 Å². The summed E-state index contributed by atoms with van der Waals surface area (Å²) < 4.78 is 1.02. The number of benzene rings is 1. The molecule has 0 atom stereocenters. The zero-order valence-electron chi connectivity index (χ0n) is 8.78. The molecule has 80 valence electrons. The molecule has 1 heterocycles. The maximum Gasteiger partial charge on any atom is 0.252 e. The van der Waals surface area contributed by atoms with Gasteiger partial charge in [0.25, 0.3) is 5.91 Å². The van der Waals surface area contributed by atoms with Crippen LogP contribution in [0.5, 0.6) is 0 Å². The van der Waals surface area contributed by atoms with Crippen LogP contribution in [0, 0.1) is 11.8 Å². The van der Waals surface area contributed by atoms with Crippen LogP contribution in [-0.2, 0) is 0 Å². The first-order valence-corrected chi connectivity index (χ1v) is 5.70. The van der Waals surface area contributed by atoms with Crippen LogP contribution >= 0.6 is 11.3 Å². The summed E-state index contributed by atoms with van der Waals surface area (Å²) in [7, 11) is 0. The van der Waals surface area contributed by atoms with Crippen LogP contribution in [0.1, 0.15) is 17.3 Å². The molecule has 2 aromatic rings. The molecule has 0 aliphatic heterocycles. The van der Waals surface area contributed by atoms with Crippen molar-refractivity contribution in [2.75, 3.05) is 6.54 Å². The van der Waals surface area contributed by atoms with Gasteiger partial charge < -0.3 is 5.32 Å². The summed E-state index contributed by atoms with van der Waals surface area (Å²) in [6.07, 6.45) is 0. The molecule has 1 N–H and O–H groups in total. The summed E-state index contributed by atoms with van der Waals surface area (Å²) >= 11 is 1.53. The molecule has 0 saturated heterocycles. The molecule has 0 aliphatic rings. The summed E-state index contributed by atoms with van der Waals surface area (Å²) in [5.41, 5.74) is 3.35. The van der Waals surface area contributed by atoms with Gasteiger partial charge >= 0.3 is 0 Å². The lowest BCUT2D eigenvalue weighted by Gasteiger charge is -2.00. The van der Waals surface area contributed by atoms with Crippen molar-refractivity contribution in [3.63, 3.8) is 0 Å². The Bertz CT molecular complexity index is 577. The highest BCUT2D eigenvalue weighted by atomic mass is 32.1. The SMILES string of the molecule is CC#CCNC(=O)c1ccc2ncsc2c1. The number of fused-ring (bicyclic) bond motifs is 1. The second kappa shape index (κ2) is 4.77. The van der Waals surface area contributed by atoms with Crippen LogP contribution in [0.2, 0.25) is 0 Å². The van der Waals surface area contributed by atoms with E-state index in [-0.39, 0.29) is 5.91 Å². The van der Waals surface area contributed by atoms with Crippen LogP contribution in [-0.4, -0.2) is 17.4 Å². The van der Waals surface area contributed by atoms with Gasteiger partial charge in [0.1, 0.15) is 0 Å². The van der Waals surface area contributed by atoms with E-state index in [1.165, 1.54) is 11.3 Å². The van der Waals surface area contributed by atoms with Gasteiger partial charge in [0.2, 0.25) is 0 Å². The summed E-state index contributed by atoms with van der Waals surface area (Å²) in [4.78, 5) is 15.8. The van der Waals surface area contributed by atoms with E-state index in [1.54, 1.807) is 18.5 Å². The third-order valence-electron chi connectivity index (χ3n) is 2.11. The van der Waals surface area contributed by atoms with Crippen molar-refractivity contribution in [1.82, 2.24) is 10.3 Å². The summed E-state index contributed by atoms with van der Waals surface area (Å²) in [5.74, 6) is 5.42. The molecular weight excluding hydrogens is 220 g/mol. The Morgan fingerprint density at radius 3 is 3.25 bits per heavy atom. The Morgan fingerprint density at radius 1 is 1.56 bits per heavy atom. The number of carbonyl (C=O) groups excluding carboxylic acids is 1. The Kier molecular flexibility index (Phi) is 3.18. The fourth-order valence-electron chi connectivity index (χ4n) is 1.31. The molecule has 0 aliphatic carbocycles. The largest absolute Gasteiger partial charge is 0.341 e. The van der Waals surface area contributed by atoms with E-state index in [0.29, 0.717) is 12.1 Å². The van der Waals surface area contributed by atoms with Crippen molar-refractivity contribution in [3.05, 3.63) is 29.3 Å². The van der Waals surface area contributed by atoms with Crippen molar-refractivity contribution in [3.8, 4) is 11.8 Å². The lowest BCUT2D eigenvalue weighted by molar-refractivity contribution is 0.0959. The number of rotatable bonds is 2. The normalized spacial score (nSPS) is 9.56. The first-order valence-electron chi connectivity index (χ1n) is 4.82. The summed E-state index contributed by atoms with van der Waals surface area (Å²) in [6.45, 7) is 2.13. The third-order valence-corrected chi connectivity index (χ3v) is 2.90. The van der Waals surface area contributed by atoms with Crippen LogP contribution < -0.4 is 5.32 Å². The van der Waals surface area contributed by atoms with Crippen LogP contribution in [0.3, 0.4) is 0 Å². The zero-order chi connectivity index (χ0) is 11.4. The number of carbonyl (C=O) groups is 1. The van der Waals surface area contributed by atoms with Crippen molar-refractivity contribution in [2.24, 2.45) is 0 Å². The number of thiazole rings is 1. The molecule has 0 spiro atoms. The first kappa shape index (κ1) is 10.7. The molecule has 1 amide bonds. The monoisotopic (exact) mass is 230 g/mol. The third kappa shape index (κ3) is 2.20. The highest BCUT2D eigenvalue weighted by Crippen LogP contribution is 2.18. The predicted molar refractivity (Wildman–Crippen MR) is 65.4 cm³/mol. The molecule has 0 fully saturated rings. The van der Waals surface area contributed by atoms with E-state index in [2.05, 4.69) is 22.1 Å². The van der Waals surface area contributed by atoms with Gasteiger partial charge in [-0.15, -0.1) is 17.3 Å². The smallest absolute Gasteiger partial charge is 0.252 e. The predicted octanol–water partition coefficient (Wildman–Crippen LogP) is 2.05. The average molecular weight is 230 g/mol. The molecule has 1 aromatic carbocycles. The first-order chi connectivity index (χ1) is 7.81. The highest BCUT2D eigenvalue weighted by Gasteiger charge is 2.05. The van der Waals surface area contributed by atoms with Crippen molar-refractivity contribution < 1.29 is 4.79 Å². The van der Waals surface area contributed by atoms with Crippen molar-refractivity contribution in [2.45, 2.75) is 6.92 Å². The molecule has 0 bridgehead atoms. The van der Waals surface area contributed by atoms with Gasteiger partial charge in [0, 0.05) is 5.56 Å². The number of nitrogens with one attached hydrogen (secondary N) is 1. The Hall–Kier alpha value is -1.86. The van der Waals surface area contributed by atoms with Crippen LogP contribution in [0.15, 0.2) is 23.7 Å². The van der Waals surface area contributed by atoms with E-state index < -0.39 is 0 Å². The highest BCUT2D eigenvalue weighted by molar-refractivity contribution is 7.16. The van der Waals surface area contributed by atoms with E-state index in [0.717, 1.165) is 10.2 Å². The Labute approximate surface area is 97.5 Å². The maximum atomic E-state index is 11.7. The standard InChI is InChI=1S/C12H10N2OS/c1-2-3-6-13-12(15)9-4-5-10-11(7-9)16-8-14-10/h4-5,7-8H,6H2,1H3,(H,13,15). The lowest BCUT2D eigenvalue weighted by Crippen LogP contribution is -2.23. The molecular formula is C12H10N2OS. The van der Waals surface area contributed by atoms with E-state index >= 15 is 0 Å². The number of nitrogens with zero attached hydrogens (tertiary/aromatic N) is 1. The Balaban J connectivity index is 2.18. The van der Waals surface area contributed by atoms with E-state index in [4.69, 9.17) is 0 Å². The fourth-order valence-corrected chi connectivity index (χ4v) is 2.03. The van der Waals surface area contributed by atoms with Gasteiger partial charge in [0.15, 0.2) is 0 Å². The minimum absolute atomic E-state index is 0.0990. The molecule has 0 saturated carbocycles. The molecule has 2 rings (SSSR count). The molecule has 16 heavy (non-hydrogen) atoms. The Morgan fingerprint density at radius 2 is 2.44 bits per heavy atom. The van der Waals surface area contributed by atoms with Gasteiger partial charge in [-0.2, -0.15) is 0 Å². The van der Waals surface area contributed by atoms with Crippen LogP contribution in [0.25, 0.3) is 10.2 Å². The molecule has 0 radical (unpaired) electrons. The molecule has 1 aromatic heterocycles. The van der Waals surface area contributed by atoms with Gasteiger partial charge in [-0.05, 0) is 25.1 Å². The van der Waals surface area contributed by atoms with Gasteiger partial charge in [-0.1, -0.05) is 5.92 Å². The van der Waals surface area contributed by atoms with Crippen LogP contribution in [0.4, 0.5) is 0 Å². The lowest BCUT2D eigenvalue weighted by atomic mass is 10.2. The van der Waals surface area contributed by atoms with Gasteiger partial charge in [-0.25, -0.2) is 4.98 Å². The number of hydrogen-bond donors (Lipinski definition) is 1. The number of hydrogen-bond acceptors (Lipinski definition) is 3. The minimum Gasteiger partial charge on any atom is -0.341 e. The number of amides is 1. The molecule has 4 heteroatoms. The summed E-state index contributed by atoms with van der Waals surface area (Å²) in [6, 6.07) is 5.48. The zero-order valence-corrected chi connectivity index (χ0v) is 9.60. The average Bonchev–Trinajstić information content (AvgIpc) is 2.76. The quantitative estimate of drug-likeness (QED) is 0.802. The van der Waals surface area contributed by atoms with Crippen molar-refractivity contribution >= 4 is 27.5 Å². The second-order valence-corrected chi connectivity index (χ2v) is 4.03. The van der Waals surface area contributed by atoms with E-state index in [1.807, 2.05) is 12.1 Å². The van der Waals surface area contributed by atoms with Gasteiger partial charge in [-0.3, -0.25) is 4.79 Å².